The molecule has 186 valence electrons. The minimum absolute atomic E-state index is 0.0370. The zero-order chi connectivity index (χ0) is 25.6. The van der Waals surface area contributed by atoms with Crippen LogP contribution in [0.1, 0.15) is 29.2 Å². The van der Waals surface area contributed by atoms with Crippen LogP contribution in [-0.2, 0) is 38.7 Å². The molecule has 0 aromatic heterocycles. The number of ether oxygens (including phenoxy) is 1. The van der Waals surface area contributed by atoms with Gasteiger partial charge in [-0.3, -0.25) is 10.1 Å². The number of rotatable bonds is 11. The summed E-state index contributed by atoms with van der Waals surface area (Å²) in [5.41, 5.74) is 6.10. The molecule has 0 aliphatic carbocycles. The van der Waals surface area contributed by atoms with Crippen LogP contribution in [0, 0.1) is 11.6 Å². The predicted molar refractivity (Wildman–Crippen MR) is 127 cm³/mol. The van der Waals surface area contributed by atoms with Crippen molar-refractivity contribution in [3.8, 4) is 5.75 Å². The Kier molecular flexibility index (Phi) is 8.21. The zero-order valence-corrected chi connectivity index (χ0v) is 20.1. The highest BCUT2D eigenvalue weighted by Gasteiger charge is 2.35. The number of nitrogens with two attached hydrogens (primary N) is 1. The molecule has 0 aliphatic rings. The average Bonchev–Trinajstić information content (AvgIpc) is 2.76. The van der Waals surface area contributed by atoms with Crippen LogP contribution in [0.2, 0.25) is 0 Å². The third kappa shape index (κ3) is 7.84. The largest absolute Gasteiger partial charge is 0.489 e. The number of halogens is 2. The molecular formula is C25H26F2N2O5S. The van der Waals surface area contributed by atoms with Crippen molar-refractivity contribution in [1.82, 2.24) is 5.32 Å². The van der Waals surface area contributed by atoms with Crippen molar-refractivity contribution in [2.75, 3.05) is 6.26 Å². The molecule has 3 rings (SSSR count). The summed E-state index contributed by atoms with van der Waals surface area (Å²) in [6.45, 7) is 1.38. The minimum atomic E-state index is -3.97. The number of carbonyl (C=O) groups excluding carboxylic acids is 1. The van der Waals surface area contributed by atoms with Crippen molar-refractivity contribution < 1.29 is 30.9 Å². The standard InChI is InChI=1S/C25H26F2N2O5S/c1-25(24(28)30,34-35(2,31)32)29-15-18-9-10-23(33-16-19-6-4-8-22(27)14-19)20(12-18)11-17-5-3-7-21(26)13-17/h3-10,12-14,29H,11,15-16H2,1-2H3,(H2,28,30)/t25-/m1/s1. The lowest BCUT2D eigenvalue weighted by atomic mass is 10.0. The van der Waals surface area contributed by atoms with E-state index in [1.165, 1.54) is 31.2 Å². The van der Waals surface area contributed by atoms with E-state index in [1.807, 2.05) is 0 Å². The first-order valence-corrected chi connectivity index (χ1v) is 12.4. The van der Waals surface area contributed by atoms with E-state index in [0.29, 0.717) is 34.4 Å². The second-order valence-corrected chi connectivity index (χ2v) is 9.78. The lowest BCUT2D eigenvalue weighted by Gasteiger charge is -2.26. The summed E-state index contributed by atoms with van der Waals surface area (Å²) in [6, 6.07) is 17.4. The second kappa shape index (κ2) is 10.9. The van der Waals surface area contributed by atoms with E-state index >= 15 is 0 Å². The van der Waals surface area contributed by atoms with Crippen LogP contribution in [-0.4, -0.2) is 26.3 Å². The number of primary amides is 1. The van der Waals surface area contributed by atoms with Gasteiger partial charge < -0.3 is 10.5 Å². The molecule has 0 aliphatic heterocycles. The first kappa shape index (κ1) is 26.3. The molecule has 3 aromatic rings. The van der Waals surface area contributed by atoms with Crippen LogP contribution in [0.3, 0.4) is 0 Å². The van der Waals surface area contributed by atoms with Gasteiger partial charge in [-0.15, -0.1) is 0 Å². The van der Waals surface area contributed by atoms with E-state index in [1.54, 1.807) is 42.5 Å². The summed E-state index contributed by atoms with van der Waals surface area (Å²) >= 11 is 0. The monoisotopic (exact) mass is 504 g/mol. The van der Waals surface area contributed by atoms with Crippen LogP contribution in [0.25, 0.3) is 0 Å². The van der Waals surface area contributed by atoms with Crippen LogP contribution < -0.4 is 15.8 Å². The van der Waals surface area contributed by atoms with Gasteiger partial charge in [0.2, 0.25) is 5.72 Å². The highest BCUT2D eigenvalue weighted by molar-refractivity contribution is 7.86. The van der Waals surface area contributed by atoms with E-state index in [0.717, 1.165) is 6.26 Å². The van der Waals surface area contributed by atoms with Crippen molar-refractivity contribution in [3.05, 3.63) is 101 Å². The fraction of sp³-hybridized carbons (Fsp3) is 0.240. The third-order valence-electron chi connectivity index (χ3n) is 5.11. The molecule has 0 radical (unpaired) electrons. The molecule has 0 heterocycles. The molecule has 1 amide bonds. The summed E-state index contributed by atoms with van der Waals surface area (Å²) < 4.78 is 61.2. The summed E-state index contributed by atoms with van der Waals surface area (Å²) in [4.78, 5) is 11.8. The maximum atomic E-state index is 13.7. The Labute approximate surface area is 203 Å². The van der Waals surface area contributed by atoms with Crippen LogP contribution in [0.5, 0.6) is 5.75 Å². The molecule has 0 saturated heterocycles. The van der Waals surface area contributed by atoms with Gasteiger partial charge in [0.25, 0.3) is 16.0 Å². The van der Waals surface area contributed by atoms with Gasteiger partial charge in [0.1, 0.15) is 24.0 Å². The zero-order valence-electron chi connectivity index (χ0n) is 19.3. The fourth-order valence-corrected chi connectivity index (χ4v) is 4.15. The van der Waals surface area contributed by atoms with Gasteiger partial charge in [0.15, 0.2) is 0 Å². The molecule has 0 bridgehead atoms. The van der Waals surface area contributed by atoms with E-state index in [2.05, 4.69) is 5.32 Å². The van der Waals surface area contributed by atoms with Gasteiger partial charge in [-0.1, -0.05) is 36.4 Å². The topological polar surface area (TPSA) is 108 Å². The average molecular weight is 505 g/mol. The highest BCUT2D eigenvalue weighted by Crippen LogP contribution is 2.25. The van der Waals surface area contributed by atoms with E-state index < -0.39 is 21.8 Å². The summed E-state index contributed by atoms with van der Waals surface area (Å²) in [5.74, 6) is -1.25. The maximum absolute atomic E-state index is 13.7. The van der Waals surface area contributed by atoms with Crippen LogP contribution in [0.15, 0.2) is 66.7 Å². The summed E-state index contributed by atoms with van der Waals surface area (Å²) in [7, 11) is -3.97. The van der Waals surface area contributed by atoms with Crippen molar-refractivity contribution >= 4 is 16.0 Å². The molecule has 0 fully saturated rings. The van der Waals surface area contributed by atoms with E-state index in [4.69, 9.17) is 14.7 Å². The van der Waals surface area contributed by atoms with Gasteiger partial charge in [-0.25, -0.2) is 13.0 Å². The van der Waals surface area contributed by atoms with Crippen molar-refractivity contribution in [2.45, 2.75) is 32.2 Å². The lowest BCUT2D eigenvalue weighted by molar-refractivity contribution is -0.134. The van der Waals surface area contributed by atoms with Gasteiger partial charge in [0, 0.05) is 13.0 Å². The fourth-order valence-electron chi connectivity index (χ4n) is 3.41. The van der Waals surface area contributed by atoms with Gasteiger partial charge in [0.05, 0.1) is 6.26 Å². The van der Waals surface area contributed by atoms with Crippen molar-refractivity contribution in [1.29, 1.82) is 0 Å². The number of hydrogen-bond acceptors (Lipinski definition) is 6. The number of benzene rings is 3. The Morgan fingerprint density at radius 1 is 0.971 bits per heavy atom. The third-order valence-corrected chi connectivity index (χ3v) is 5.75. The number of nitrogens with one attached hydrogen (secondary N) is 1. The molecule has 35 heavy (non-hydrogen) atoms. The Balaban J connectivity index is 1.85. The Morgan fingerprint density at radius 3 is 2.20 bits per heavy atom. The van der Waals surface area contributed by atoms with E-state index in [9.17, 15) is 22.0 Å². The molecule has 0 spiro atoms. The predicted octanol–water partition coefficient (Wildman–Crippen LogP) is 3.40. The smallest absolute Gasteiger partial charge is 0.266 e. The Bertz CT molecular complexity index is 1320. The number of carbonyl (C=O) groups is 1. The normalized spacial score (nSPS) is 13.3. The van der Waals surface area contributed by atoms with Crippen LogP contribution >= 0.6 is 0 Å². The molecule has 3 aromatic carbocycles. The summed E-state index contributed by atoms with van der Waals surface area (Å²) in [6.07, 6.45) is 1.15. The molecule has 10 heteroatoms. The molecule has 7 nitrogen and oxygen atoms in total. The van der Waals surface area contributed by atoms with Crippen molar-refractivity contribution in [2.24, 2.45) is 5.73 Å². The van der Waals surface area contributed by atoms with E-state index in [-0.39, 0.29) is 24.8 Å². The molecule has 0 unspecified atom stereocenters. The van der Waals surface area contributed by atoms with Crippen LogP contribution in [0.4, 0.5) is 8.78 Å². The van der Waals surface area contributed by atoms with Gasteiger partial charge in [-0.05, 0) is 59.5 Å². The molecular weight excluding hydrogens is 478 g/mol. The second-order valence-electron chi connectivity index (χ2n) is 8.21. The summed E-state index contributed by atoms with van der Waals surface area (Å²) in [5, 5.41) is 2.73. The van der Waals surface area contributed by atoms with Gasteiger partial charge in [-0.2, -0.15) is 8.42 Å². The lowest BCUT2D eigenvalue weighted by Crippen LogP contribution is -2.55. The molecule has 1 atom stereocenters. The number of amides is 1. The van der Waals surface area contributed by atoms with Crippen molar-refractivity contribution in [3.63, 3.8) is 0 Å². The van der Waals surface area contributed by atoms with Gasteiger partial charge >= 0.3 is 0 Å². The minimum Gasteiger partial charge on any atom is -0.489 e. The number of hydrogen-bond donors (Lipinski definition) is 2. The first-order chi connectivity index (χ1) is 16.4. The maximum Gasteiger partial charge on any atom is 0.266 e. The first-order valence-electron chi connectivity index (χ1n) is 10.6. The Hall–Kier alpha value is -3.34. The highest BCUT2D eigenvalue weighted by atomic mass is 32.2. The SMILES string of the molecule is C[C@@](NCc1ccc(OCc2cccc(F)c2)c(Cc2cccc(F)c2)c1)(OS(C)(=O)=O)C(N)=O. The quantitative estimate of drug-likeness (QED) is 0.306. The Morgan fingerprint density at radius 2 is 1.60 bits per heavy atom. The molecule has 0 saturated carbocycles. The molecule has 3 N–H and O–H groups in total.